The summed E-state index contributed by atoms with van der Waals surface area (Å²) in [7, 11) is 1.56. The predicted molar refractivity (Wildman–Crippen MR) is 253 cm³/mol. The van der Waals surface area contributed by atoms with Crippen LogP contribution in [0, 0.1) is 17.7 Å². The number of amides is 3. The number of halogens is 3. The second-order valence-electron chi connectivity index (χ2n) is 16.7. The maximum Gasteiger partial charge on any atom is 0.229 e. The maximum atomic E-state index is 14.9. The van der Waals surface area contributed by atoms with Gasteiger partial charge in [0.1, 0.15) is 18.6 Å². The number of methoxy groups -OCH3 is 1. The summed E-state index contributed by atoms with van der Waals surface area (Å²) in [6.07, 6.45) is 2.87. The van der Waals surface area contributed by atoms with Crippen LogP contribution in [0.1, 0.15) is 77.6 Å². The summed E-state index contributed by atoms with van der Waals surface area (Å²) in [6, 6.07) is 11.8. The minimum Gasteiger partial charge on any atom is -0.493 e. The molecule has 1 aliphatic carbocycles. The summed E-state index contributed by atoms with van der Waals surface area (Å²) in [5, 5.41) is 11.7. The van der Waals surface area contributed by atoms with Gasteiger partial charge in [-0.1, -0.05) is 35.3 Å². The quantitative estimate of drug-likeness (QED) is 0.0366. The van der Waals surface area contributed by atoms with Gasteiger partial charge in [0, 0.05) is 80.0 Å². The fraction of sp³-hybridized carbons (Fsp3) is 0.500. The molecule has 17 nitrogen and oxygen atoms in total. The molecule has 0 spiro atoms. The van der Waals surface area contributed by atoms with Crippen LogP contribution in [0.3, 0.4) is 0 Å². The topological polar surface area (TPSA) is 204 Å². The lowest BCUT2D eigenvalue weighted by Gasteiger charge is -2.33. The molecule has 4 aliphatic rings. The molecule has 0 bridgehead atoms. The van der Waals surface area contributed by atoms with Gasteiger partial charge in [-0.2, -0.15) is 0 Å². The van der Waals surface area contributed by atoms with Crippen LogP contribution in [0.5, 0.6) is 11.5 Å². The lowest BCUT2D eigenvalue weighted by Crippen LogP contribution is -2.42. The Morgan fingerprint density at radius 1 is 0.824 bits per heavy atom. The van der Waals surface area contributed by atoms with Crippen molar-refractivity contribution in [1.29, 1.82) is 0 Å². The highest BCUT2D eigenvalue weighted by molar-refractivity contribution is 6.42. The minimum atomic E-state index is -0.681. The third kappa shape index (κ3) is 13.2. The second kappa shape index (κ2) is 24.8. The highest BCUT2D eigenvalue weighted by atomic mass is 35.5. The van der Waals surface area contributed by atoms with E-state index < -0.39 is 17.7 Å². The fourth-order valence-electron chi connectivity index (χ4n) is 8.56. The number of benzene rings is 3. The average molecular weight is 984 g/mol. The number of anilines is 3. The van der Waals surface area contributed by atoms with E-state index in [1.54, 1.807) is 31.4 Å². The molecule has 20 heteroatoms. The molecule has 3 aromatic rings. The van der Waals surface area contributed by atoms with Gasteiger partial charge >= 0.3 is 0 Å². The summed E-state index contributed by atoms with van der Waals surface area (Å²) in [6.45, 7) is 4.56. The first-order chi connectivity index (χ1) is 33.0. The number of ether oxygens (including phenoxy) is 6. The van der Waals surface area contributed by atoms with Crippen LogP contribution >= 0.6 is 23.2 Å². The van der Waals surface area contributed by atoms with Crippen LogP contribution in [0.4, 0.5) is 21.5 Å². The van der Waals surface area contributed by atoms with E-state index in [1.165, 1.54) is 12.1 Å². The third-order valence-corrected chi connectivity index (χ3v) is 13.0. The van der Waals surface area contributed by atoms with E-state index in [0.29, 0.717) is 138 Å². The molecule has 4 N–H and O–H groups in total. The number of Topliss-reactive ketones (excluding diaryl/α,β-unsaturated/α-hetero) is 2. The molecule has 0 saturated carbocycles. The number of fused-ring (bicyclic) bond motifs is 2. The molecule has 2 saturated heterocycles. The van der Waals surface area contributed by atoms with Crippen molar-refractivity contribution >= 4 is 75.4 Å². The zero-order valence-electron chi connectivity index (χ0n) is 37.9. The molecule has 2 fully saturated rings. The second-order valence-corrected chi connectivity index (χ2v) is 17.5. The molecule has 366 valence electrons. The van der Waals surface area contributed by atoms with E-state index in [0.717, 1.165) is 5.69 Å². The number of hydrogen-bond acceptors (Lipinski definition) is 15. The first-order valence-corrected chi connectivity index (χ1v) is 23.7. The van der Waals surface area contributed by atoms with Crippen molar-refractivity contribution < 1.29 is 56.8 Å². The molecule has 3 aromatic carbocycles. The smallest absolute Gasteiger partial charge is 0.229 e. The molecule has 3 amide bonds. The van der Waals surface area contributed by atoms with Gasteiger partial charge in [-0.05, 0) is 43.5 Å². The Morgan fingerprint density at radius 3 is 2.25 bits per heavy atom. The van der Waals surface area contributed by atoms with Gasteiger partial charge < -0.3 is 49.3 Å². The Labute approximate surface area is 404 Å². The van der Waals surface area contributed by atoms with Crippen molar-refractivity contribution in [1.82, 2.24) is 10.2 Å². The van der Waals surface area contributed by atoms with Crippen molar-refractivity contribution in [3.8, 4) is 11.5 Å². The monoisotopic (exact) mass is 982 g/mol. The van der Waals surface area contributed by atoms with E-state index in [1.807, 2.05) is 11.0 Å². The van der Waals surface area contributed by atoms with Crippen LogP contribution in [-0.2, 0) is 33.3 Å². The molecule has 3 aliphatic heterocycles. The van der Waals surface area contributed by atoms with E-state index in [-0.39, 0.29) is 83.7 Å². The Bertz CT molecular complexity index is 2350. The summed E-state index contributed by atoms with van der Waals surface area (Å²) < 4.78 is 49.4. The standard InChI is InChI=1S/C48H57Cl2FN6O11/c1-63-39-27-37-33(47(54-28-53-37)55-36-8-7-34(49)44(50)45(36)51)26-40(39)68-31-11-15-57(16-12-31)42(60)13-17-64-19-21-66-23-24-67-22-20-65-18-14-52-35-4-2-3-32-43(35)38(58)9-5-29(46(32)61)25-30-6-10-41(59)56-48(30)62/h2-4,7-8,26-27,29-31,52-53H,5-6,9-25,28H2,1H3,(H,54,55)(H,56,59,62). The molecule has 3 heterocycles. The summed E-state index contributed by atoms with van der Waals surface area (Å²) in [5.41, 5.74) is 2.84. The molecular formula is C48H57Cl2FN6O11. The molecule has 2 unspecified atom stereocenters. The number of imide groups is 1. The zero-order chi connectivity index (χ0) is 48.0. The van der Waals surface area contributed by atoms with Crippen molar-refractivity contribution in [2.75, 3.05) is 102 Å². The van der Waals surface area contributed by atoms with Crippen LogP contribution < -0.4 is 30.7 Å². The number of ketones is 2. The van der Waals surface area contributed by atoms with Crippen LogP contribution in [0.25, 0.3) is 0 Å². The Kier molecular flexibility index (Phi) is 18.4. The van der Waals surface area contributed by atoms with E-state index in [4.69, 9.17) is 51.6 Å². The lowest BCUT2D eigenvalue weighted by molar-refractivity contribution is -0.137. The number of rotatable bonds is 22. The first-order valence-electron chi connectivity index (χ1n) is 22.9. The number of carbonyl (C=O) groups excluding carboxylic acids is 5. The SMILES string of the molecule is COc1cc2c(cc1OC1CCN(C(=O)CCOCCOCCOCCOCCNc3cccc4c3C(=O)CCC(CC3CCC(=O)NC3=O)C4=O)CC1)C(Nc1ccc(Cl)c(Cl)c1F)=NCN2. The van der Waals surface area contributed by atoms with Crippen LogP contribution in [0.2, 0.25) is 10.0 Å². The van der Waals surface area contributed by atoms with E-state index in [2.05, 4.69) is 26.3 Å². The Hall–Kier alpha value is -5.37. The number of amidine groups is 1. The number of piperidine rings is 2. The van der Waals surface area contributed by atoms with Gasteiger partial charge in [0.05, 0.1) is 93.4 Å². The molecule has 2 atom stereocenters. The van der Waals surface area contributed by atoms with Gasteiger partial charge in [-0.3, -0.25) is 29.3 Å². The van der Waals surface area contributed by atoms with Gasteiger partial charge in [0.15, 0.2) is 28.9 Å². The number of hydrogen-bond donors (Lipinski definition) is 4. The normalized spacial score (nSPS) is 18.5. The average Bonchev–Trinajstić information content (AvgIpc) is 3.46. The number of carbonyl (C=O) groups is 5. The summed E-state index contributed by atoms with van der Waals surface area (Å²) >= 11 is 12.0. The van der Waals surface area contributed by atoms with E-state index in [9.17, 15) is 28.4 Å². The number of nitrogens with one attached hydrogen (secondary N) is 4. The van der Waals surface area contributed by atoms with Crippen molar-refractivity contribution in [3.63, 3.8) is 0 Å². The van der Waals surface area contributed by atoms with Gasteiger partial charge in [-0.25, -0.2) is 9.38 Å². The highest BCUT2D eigenvalue weighted by Gasteiger charge is 2.36. The molecule has 68 heavy (non-hydrogen) atoms. The zero-order valence-corrected chi connectivity index (χ0v) is 39.4. The fourth-order valence-corrected chi connectivity index (χ4v) is 8.87. The molecular weight excluding hydrogens is 926 g/mol. The van der Waals surface area contributed by atoms with Crippen LogP contribution in [0.15, 0.2) is 47.5 Å². The number of aliphatic imine (C=N–C) groups is 1. The Morgan fingerprint density at radius 2 is 1.53 bits per heavy atom. The predicted octanol–water partition coefficient (Wildman–Crippen LogP) is 6.54. The lowest BCUT2D eigenvalue weighted by atomic mass is 9.83. The third-order valence-electron chi connectivity index (χ3n) is 12.2. The minimum absolute atomic E-state index is 0.00847. The van der Waals surface area contributed by atoms with Crippen LogP contribution in [-0.4, -0.2) is 132 Å². The number of likely N-dealkylation sites (tertiary alicyclic amines) is 1. The van der Waals surface area contributed by atoms with Crippen molar-refractivity contribution in [2.24, 2.45) is 16.8 Å². The molecule has 7 rings (SSSR count). The largest absolute Gasteiger partial charge is 0.493 e. The molecule has 0 aromatic heterocycles. The Balaban J connectivity index is 0.712. The van der Waals surface area contributed by atoms with Crippen molar-refractivity contribution in [2.45, 2.75) is 57.5 Å². The van der Waals surface area contributed by atoms with Crippen molar-refractivity contribution in [3.05, 3.63) is 75.0 Å². The highest BCUT2D eigenvalue weighted by Crippen LogP contribution is 2.38. The maximum absolute atomic E-state index is 14.9. The first kappa shape index (κ1) is 50.5. The summed E-state index contributed by atoms with van der Waals surface area (Å²) in [4.78, 5) is 69.8. The molecule has 0 radical (unpaired) electrons. The van der Waals surface area contributed by atoms with Gasteiger partial charge in [0.25, 0.3) is 0 Å². The number of nitrogens with zero attached hydrogens (tertiary/aromatic N) is 2. The van der Waals surface area contributed by atoms with E-state index >= 15 is 0 Å². The van der Waals surface area contributed by atoms with Gasteiger partial charge in [-0.15, -0.1) is 0 Å². The van der Waals surface area contributed by atoms with Gasteiger partial charge in [0.2, 0.25) is 17.7 Å². The summed E-state index contributed by atoms with van der Waals surface area (Å²) in [5.74, 6) is -1.03.